The summed E-state index contributed by atoms with van der Waals surface area (Å²) in [5.41, 5.74) is 2.20. The number of hydroxylamine groups is 1. The van der Waals surface area contributed by atoms with Gasteiger partial charge in [0.15, 0.2) is 6.10 Å². The molecule has 5 rings (SSSR count). The fourth-order valence-corrected chi connectivity index (χ4v) is 4.34. The fraction of sp³-hybridized carbons (Fsp3) is 0.154. The third-order valence-electron chi connectivity index (χ3n) is 5.86. The van der Waals surface area contributed by atoms with Crippen LogP contribution in [-0.4, -0.2) is 31.1 Å². The van der Waals surface area contributed by atoms with Crippen molar-refractivity contribution >= 4 is 40.9 Å². The topological polar surface area (TPSA) is 59.1 Å². The van der Waals surface area contributed by atoms with Crippen LogP contribution in [0.25, 0.3) is 6.08 Å². The molecule has 166 valence electrons. The highest BCUT2D eigenvalue weighted by molar-refractivity contribution is 6.31. The normalized spacial score (nSPS) is 22.3. The molecule has 0 radical (unpaired) electrons. The van der Waals surface area contributed by atoms with E-state index in [1.807, 2.05) is 66.7 Å². The maximum Gasteiger partial charge on any atom is 0.266 e. The molecule has 3 unspecified atom stereocenters. The fourth-order valence-electron chi connectivity index (χ4n) is 4.22. The smallest absolute Gasteiger partial charge is 0.266 e. The summed E-state index contributed by atoms with van der Waals surface area (Å²) in [6.07, 6.45) is 2.93. The number of nitrogens with zero attached hydrogens (tertiary/aromatic N) is 2. The molecule has 0 bridgehead atoms. The number of methoxy groups -OCH3 is 1. The van der Waals surface area contributed by atoms with Gasteiger partial charge in [-0.1, -0.05) is 54.1 Å². The van der Waals surface area contributed by atoms with Gasteiger partial charge in [0.1, 0.15) is 11.7 Å². The minimum absolute atomic E-state index is 0.296. The van der Waals surface area contributed by atoms with Crippen molar-refractivity contribution in [3.05, 3.63) is 95.5 Å². The largest absolute Gasteiger partial charge is 0.497 e. The third-order valence-corrected chi connectivity index (χ3v) is 6.11. The molecular formula is C26H21ClN2O4. The minimum atomic E-state index is -0.904. The second-order valence-corrected chi connectivity index (χ2v) is 8.26. The van der Waals surface area contributed by atoms with Gasteiger partial charge in [-0.2, -0.15) is 0 Å². The number of benzene rings is 3. The van der Waals surface area contributed by atoms with E-state index in [0.717, 1.165) is 17.0 Å². The summed E-state index contributed by atoms with van der Waals surface area (Å²) >= 11 is 5.98. The molecule has 2 saturated heterocycles. The molecule has 0 N–H and O–H groups in total. The average molecular weight is 461 g/mol. The summed E-state index contributed by atoms with van der Waals surface area (Å²) in [6, 6.07) is 23.2. The Morgan fingerprint density at radius 2 is 1.58 bits per heavy atom. The Bertz CT molecular complexity index is 1200. The van der Waals surface area contributed by atoms with Crippen LogP contribution in [0.1, 0.15) is 5.56 Å². The second kappa shape index (κ2) is 8.73. The predicted molar refractivity (Wildman–Crippen MR) is 127 cm³/mol. The molecule has 0 aromatic heterocycles. The Hall–Kier alpha value is -3.61. The van der Waals surface area contributed by atoms with Crippen molar-refractivity contribution in [2.24, 2.45) is 5.92 Å². The van der Waals surface area contributed by atoms with Gasteiger partial charge in [0.2, 0.25) is 5.91 Å². The quantitative estimate of drug-likeness (QED) is 0.515. The lowest BCUT2D eigenvalue weighted by atomic mass is 9.95. The zero-order chi connectivity index (χ0) is 22.9. The minimum Gasteiger partial charge on any atom is -0.497 e. The van der Waals surface area contributed by atoms with E-state index in [2.05, 4.69) is 0 Å². The van der Waals surface area contributed by atoms with Crippen LogP contribution < -0.4 is 14.7 Å². The SMILES string of the molecule is COc1ccc(/C=C/C2C3C(=O)N(c4ccc(Cl)cc4)C(=O)C3ON2c2ccccc2)cc1. The lowest BCUT2D eigenvalue weighted by molar-refractivity contribution is -0.126. The van der Waals surface area contributed by atoms with E-state index >= 15 is 0 Å². The van der Waals surface area contributed by atoms with Gasteiger partial charge < -0.3 is 4.74 Å². The molecule has 2 aliphatic rings. The van der Waals surface area contributed by atoms with Gasteiger partial charge in [-0.25, -0.2) is 9.96 Å². The van der Waals surface area contributed by atoms with Gasteiger partial charge in [0.25, 0.3) is 5.91 Å². The van der Waals surface area contributed by atoms with Gasteiger partial charge in [0.05, 0.1) is 24.5 Å². The molecule has 3 aromatic rings. The zero-order valence-corrected chi connectivity index (χ0v) is 18.6. The van der Waals surface area contributed by atoms with E-state index in [4.69, 9.17) is 21.2 Å². The number of anilines is 2. The first-order valence-electron chi connectivity index (χ1n) is 10.5. The van der Waals surface area contributed by atoms with Crippen LogP contribution in [0, 0.1) is 5.92 Å². The molecular weight excluding hydrogens is 440 g/mol. The van der Waals surface area contributed by atoms with Gasteiger partial charge >= 0.3 is 0 Å². The number of halogens is 1. The highest BCUT2D eigenvalue weighted by atomic mass is 35.5. The van der Waals surface area contributed by atoms with Gasteiger partial charge in [0, 0.05) is 5.02 Å². The number of para-hydroxylation sites is 1. The summed E-state index contributed by atoms with van der Waals surface area (Å²) in [7, 11) is 1.62. The Kier molecular flexibility index (Phi) is 5.62. The molecule has 0 aliphatic carbocycles. The molecule has 0 spiro atoms. The van der Waals surface area contributed by atoms with E-state index in [0.29, 0.717) is 10.7 Å². The van der Waals surface area contributed by atoms with Crippen LogP contribution in [0.5, 0.6) is 5.75 Å². The van der Waals surface area contributed by atoms with E-state index in [-0.39, 0.29) is 11.8 Å². The van der Waals surface area contributed by atoms with Crippen molar-refractivity contribution in [3.63, 3.8) is 0 Å². The van der Waals surface area contributed by atoms with Gasteiger partial charge in [-0.05, 0) is 54.1 Å². The van der Waals surface area contributed by atoms with Crippen LogP contribution in [0.4, 0.5) is 11.4 Å². The third kappa shape index (κ3) is 3.88. The van der Waals surface area contributed by atoms with Crippen molar-refractivity contribution in [1.29, 1.82) is 0 Å². The van der Waals surface area contributed by atoms with Crippen molar-refractivity contribution in [1.82, 2.24) is 0 Å². The molecule has 7 heteroatoms. The molecule has 2 heterocycles. The lowest BCUT2D eigenvalue weighted by Gasteiger charge is -2.26. The van der Waals surface area contributed by atoms with Gasteiger partial charge in [-0.3, -0.25) is 14.4 Å². The summed E-state index contributed by atoms with van der Waals surface area (Å²) in [6.45, 7) is 0. The number of imide groups is 1. The highest BCUT2D eigenvalue weighted by Gasteiger charge is 2.59. The number of carbonyl (C=O) groups excluding carboxylic acids is 2. The monoisotopic (exact) mass is 460 g/mol. The van der Waals surface area contributed by atoms with E-state index in [9.17, 15) is 9.59 Å². The van der Waals surface area contributed by atoms with Crippen molar-refractivity contribution < 1.29 is 19.2 Å². The van der Waals surface area contributed by atoms with E-state index < -0.39 is 18.1 Å². The number of amides is 2. The first kappa shape index (κ1) is 21.2. The predicted octanol–water partition coefficient (Wildman–Crippen LogP) is 4.74. The Morgan fingerprint density at radius 1 is 0.879 bits per heavy atom. The van der Waals surface area contributed by atoms with Crippen molar-refractivity contribution in [3.8, 4) is 5.75 Å². The number of ether oxygens (including phenoxy) is 1. The Balaban J connectivity index is 1.49. The summed E-state index contributed by atoms with van der Waals surface area (Å²) in [5.74, 6) is -0.593. The average Bonchev–Trinajstić information content (AvgIpc) is 3.35. The molecule has 6 nitrogen and oxygen atoms in total. The highest BCUT2D eigenvalue weighted by Crippen LogP contribution is 2.41. The number of fused-ring (bicyclic) bond motifs is 1. The second-order valence-electron chi connectivity index (χ2n) is 7.82. The van der Waals surface area contributed by atoms with Crippen molar-refractivity contribution in [2.75, 3.05) is 17.1 Å². The first-order valence-corrected chi connectivity index (χ1v) is 10.9. The first-order chi connectivity index (χ1) is 16.1. The van der Waals surface area contributed by atoms with Crippen LogP contribution in [-0.2, 0) is 14.4 Å². The van der Waals surface area contributed by atoms with Crippen LogP contribution >= 0.6 is 11.6 Å². The van der Waals surface area contributed by atoms with Crippen LogP contribution in [0.15, 0.2) is 84.9 Å². The lowest BCUT2D eigenvalue weighted by Crippen LogP contribution is -2.39. The van der Waals surface area contributed by atoms with Crippen LogP contribution in [0.2, 0.25) is 5.02 Å². The molecule has 2 fully saturated rings. The molecule has 2 amide bonds. The maximum atomic E-state index is 13.5. The summed E-state index contributed by atoms with van der Waals surface area (Å²) in [4.78, 5) is 34.0. The molecule has 0 saturated carbocycles. The number of hydrogen-bond donors (Lipinski definition) is 0. The number of carbonyl (C=O) groups is 2. The zero-order valence-electron chi connectivity index (χ0n) is 17.8. The molecule has 33 heavy (non-hydrogen) atoms. The van der Waals surface area contributed by atoms with E-state index in [1.54, 1.807) is 36.4 Å². The standard InChI is InChI=1S/C26H21ClN2O4/c1-32-21-14-7-17(8-15-21)9-16-22-23-24(33-29(22)20-5-3-2-4-6-20)26(31)28(25(23)30)19-12-10-18(27)11-13-19/h2-16,22-24H,1H3/b16-9+. The Morgan fingerprint density at radius 3 is 2.24 bits per heavy atom. The molecule has 3 atom stereocenters. The molecule has 3 aromatic carbocycles. The maximum absolute atomic E-state index is 13.5. The molecule has 2 aliphatic heterocycles. The van der Waals surface area contributed by atoms with Crippen molar-refractivity contribution in [2.45, 2.75) is 12.1 Å². The summed E-state index contributed by atoms with van der Waals surface area (Å²) < 4.78 is 5.22. The van der Waals surface area contributed by atoms with E-state index in [1.165, 1.54) is 4.90 Å². The van der Waals surface area contributed by atoms with Crippen LogP contribution in [0.3, 0.4) is 0 Å². The number of hydrogen-bond acceptors (Lipinski definition) is 5. The van der Waals surface area contributed by atoms with Gasteiger partial charge in [-0.15, -0.1) is 0 Å². The number of rotatable bonds is 5. The summed E-state index contributed by atoms with van der Waals surface area (Å²) in [5, 5.41) is 2.19. The Labute approximate surface area is 196 Å².